The first-order valence-electron chi connectivity index (χ1n) is 6.92. The molecule has 0 aliphatic heterocycles. The molecular weight excluding hydrogens is 305 g/mol. The lowest BCUT2D eigenvalue weighted by Gasteiger charge is -2.18. The highest BCUT2D eigenvalue weighted by Gasteiger charge is 2.34. The van der Waals surface area contributed by atoms with E-state index in [1.165, 1.54) is 12.1 Å². The molecule has 0 fully saturated rings. The topological polar surface area (TPSA) is 66.4 Å². The van der Waals surface area contributed by atoms with Crippen molar-refractivity contribution in [3.63, 3.8) is 0 Å². The summed E-state index contributed by atoms with van der Waals surface area (Å²) >= 11 is 0. The maximum Gasteiger partial charge on any atom is 0.241 e. The lowest BCUT2D eigenvalue weighted by molar-refractivity contribution is 0.151. The third-order valence-corrected chi connectivity index (χ3v) is 5.23. The first kappa shape index (κ1) is 15.1. The Balaban J connectivity index is 1.95. The van der Waals surface area contributed by atoms with Crippen molar-refractivity contribution in [3.8, 4) is 0 Å². The molecule has 2 aromatic carbocycles. The van der Waals surface area contributed by atoms with Gasteiger partial charge in [-0.2, -0.15) is 0 Å². The SMILES string of the molecule is Cc1cc(F)cc(S(=O)(=O)N[C@@H]2c3ccccc3C[C@H]2O)c1. The molecule has 2 N–H and O–H groups in total. The van der Waals surface area contributed by atoms with Crippen molar-refractivity contribution < 1.29 is 17.9 Å². The van der Waals surface area contributed by atoms with Crippen molar-refractivity contribution in [2.24, 2.45) is 0 Å². The molecule has 2 aromatic rings. The molecule has 4 nitrogen and oxygen atoms in total. The van der Waals surface area contributed by atoms with Gasteiger partial charge in [0, 0.05) is 6.42 Å². The molecule has 2 atom stereocenters. The van der Waals surface area contributed by atoms with E-state index in [1.807, 2.05) is 12.1 Å². The second-order valence-electron chi connectivity index (χ2n) is 5.53. The van der Waals surface area contributed by atoms with Gasteiger partial charge >= 0.3 is 0 Å². The van der Waals surface area contributed by atoms with Gasteiger partial charge in [0.25, 0.3) is 0 Å². The number of hydrogen-bond acceptors (Lipinski definition) is 3. The summed E-state index contributed by atoms with van der Waals surface area (Å²) < 4.78 is 40.9. The zero-order chi connectivity index (χ0) is 15.9. The first-order chi connectivity index (χ1) is 10.4. The Morgan fingerprint density at radius 1 is 1.23 bits per heavy atom. The van der Waals surface area contributed by atoms with Crippen LogP contribution in [-0.4, -0.2) is 19.6 Å². The normalized spacial score (nSPS) is 20.9. The Hall–Kier alpha value is -1.76. The fourth-order valence-electron chi connectivity index (χ4n) is 2.81. The summed E-state index contributed by atoms with van der Waals surface area (Å²) in [5.74, 6) is -0.604. The lowest BCUT2D eigenvalue weighted by atomic mass is 10.1. The molecule has 0 spiro atoms. The van der Waals surface area contributed by atoms with E-state index in [1.54, 1.807) is 19.1 Å². The van der Waals surface area contributed by atoms with Crippen LogP contribution in [-0.2, 0) is 16.4 Å². The van der Waals surface area contributed by atoms with Gasteiger partial charge < -0.3 is 5.11 Å². The van der Waals surface area contributed by atoms with Crippen LogP contribution in [0.25, 0.3) is 0 Å². The van der Waals surface area contributed by atoms with E-state index in [9.17, 15) is 17.9 Å². The Kier molecular flexibility index (Phi) is 3.76. The van der Waals surface area contributed by atoms with E-state index >= 15 is 0 Å². The summed E-state index contributed by atoms with van der Waals surface area (Å²) in [6.07, 6.45) is -0.437. The van der Waals surface area contributed by atoms with Crippen molar-refractivity contribution in [1.29, 1.82) is 0 Å². The molecule has 0 amide bonds. The number of aryl methyl sites for hydroxylation is 1. The number of aliphatic hydroxyl groups excluding tert-OH is 1. The fraction of sp³-hybridized carbons (Fsp3) is 0.250. The summed E-state index contributed by atoms with van der Waals surface area (Å²) in [6, 6.07) is 10.2. The number of fused-ring (bicyclic) bond motifs is 1. The number of halogens is 1. The Morgan fingerprint density at radius 2 is 1.95 bits per heavy atom. The minimum absolute atomic E-state index is 0.137. The predicted molar refractivity (Wildman–Crippen MR) is 80.4 cm³/mol. The van der Waals surface area contributed by atoms with E-state index in [-0.39, 0.29) is 4.90 Å². The van der Waals surface area contributed by atoms with Crippen molar-refractivity contribution in [2.45, 2.75) is 30.4 Å². The molecule has 1 aliphatic carbocycles. The zero-order valence-electron chi connectivity index (χ0n) is 12.0. The van der Waals surface area contributed by atoms with Gasteiger partial charge in [0.15, 0.2) is 0 Å². The minimum atomic E-state index is -3.91. The van der Waals surface area contributed by atoms with Crippen LogP contribution in [0.15, 0.2) is 47.4 Å². The molecule has 0 unspecified atom stereocenters. The van der Waals surface area contributed by atoms with Gasteiger partial charge in [0.2, 0.25) is 10.0 Å². The van der Waals surface area contributed by atoms with Crippen LogP contribution in [0.5, 0.6) is 0 Å². The maximum absolute atomic E-state index is 13.4. The van der Waals surface area contributed by atoms with Crippen LogP contribution < -0.4 is 4.72 Å². The Morgan fingerprint density at radius 3 is 2.68 bits per heavy atom. The number of rotatable bonds is 3. The maximum atomic E-state index is 13.4. The number of benzene rings is 2. The molecule has 22 heavy (non-hydrogen) atoms. The van der Waals surface area contributed by atoms with Crippen LogP contribution in [0.4, 0.5) is 4.39 Å². The number of nitrogens with one attached hydrogen (secondary N) is 1. The van der Waals surface area contributed by atoms with Crippen molar-refractivity contribution in [1.82, 2.24) is 4.72 Å². The van der Waals surface area contributed by atoms with Crippen molar-refractivity contribution in [3.05, 3.63) is 65.0 Å². The molecule has 0 aromatic heterocycles. The second-order valence-corrected chi connectivity index (χ2v) is 7.25. The van der Waals surface area contributed by atoms with E-state index in [0.717, 1.165) is 17.2 Å². The van der Waals surface area contributed by atoms with E-state index in [0.29, 0.717) is 12.0 Å². The summed E-state index contributed by atoms with van der Waals surface area (Å²) in [5, 5.41) is 10.1. The van der Waals surface area contributed by atoms with Crippen molar-refractivity contribution >= 4 is 10.0 Å². The number of sulfonamides is 1. The van der Waals surface area contributed by atoms with Gasteiger partial charge in [-0.1, -0.05) is 24.3 Å². The highest BCUT2D eigenvalue weighted by Crippen LogP contribution is 2.32. The van der Waals surface area contributed by atoms with E-state index in [4.69, 9.17) is 0 Å². The standard InChI is InChI=1S/C16H16FNO3S/c1-10-6-12(17)9-13(7-10)22(20,21)18-16-14-5-3-2-4-11(14)8-15(16)19/h2-7,9,15-16,18-19H,8H2,1H3/t15-,16-/m1/s1. The number of aliphatic hydroxyl groups is 1. The van der Waals surface area contributed by atoms with Crippen molar-refractivity contribution in [2.75, 3.05) is 0 Å². The van der Waals surface area contributed by atoms with Gasteiger partial charge in [-0.05, 0) is 41.8 Å². The van der Waals surface area contributed by atoms with E-state index in [2.05, 4.69) is 4.72 Å². The molecule has 0 saturated carbocycles. The molecular formula is C16H16FNO3S. The molecule has 0 saturated heterocycles. The molecule has 1 aliphatic rings. The smallest absolute Gasteiger partial charge is 0.241 e. The molecule has 3 rings (SSSR count). The van der Waals surface area contributed by atoms with Gasteiger partial charge in [-0.3, -0.25) is 0 Å². The molecule has 0 radical (unpaired) electrons. The van der Waals surface area contributed by atoms with Gasteiger partial charge in [-0.25, -0.2) is 17.5 Å². The van der Waals surface area contributed by atoms with Gasteiger partial charge in [0.05, 0.1) is 17.0 Å². The quantitative estimate of drug-likeness (QED) is 0.909. The zero-order valence-corrected chi connectivity index (χ0v) is 12.8. The predicted octanol–water partition coefficient (Wildman–Crippen LogP) is 2.07. The molecule has 6 heteroatoms. The second kappa shape index (κ2) is 5.46. The Labute approximate surface area is 128 Å². The first-order valence-corrected chi connectivity index (χ1v) is 8.40. The van der Waals surface area contributed by atoms with Crippen LogP contribution in [0.3, 0.4) is 0 Å². The summed E-state index contributed by atoms with van der Waals surface area (Å²) in [7, 11) is -3.91. The summed E-state index contributed by atoms with van der Waals surface area (Å²) in [4.78, 5) is -0.137. The number of hydrogen-bond donors (Lipinski definition) is 2. The van der Waals surface area contributed by atoms with E-state index < -0.39 is 28.0 Å². The average Bonchev–Trinajstić information content (AvgIpc) is 2.74. The highest BCUT2D eigenvalue weighted by atomic mass is 32.2. The van der Waals surface area contributed by atoms with Crippen LogP contribution in [0, 0.1) is 12.7 Å². The van der Waals surface area contributed by atoms with Crippen LogP contribution >= 0.6 is 0 Å². The minimum Gasteiger partial charge on any atom is -0.391 e. The monoisotopic (exact) mass is 321 g/mol. The molecule has 0 heterocycles. The average molecular weight is 321 g/mol. The Bertz CT molecular complexity index is 800. The highest BCUT2D eigenvalue weighted by molar-refractivity contribution is 7.89. The largest absolute Gasteiger partial charge is 0.391 e. The molecule has 116 valence electrons. The molecule has 0 bridgehead atoms. The van der Waals surface area contributed by atoms with Crippen LogP contribution in [0.2, 0.25) is 0 Å². The third kappa shape index (κ3) is 2.77. The lowest BCUT2D eigenvalue weighted by Crippen LogP contribution is -2.34. The third-order valence-electron chi connectivity index (χ3n) is 3.81. The van der Waals surface area contributed by atoms with Crippen LogP contribution in [0.1, 0.15) is 22.7 Å². The van der Waals surface area contributed by atoms with Gasteiger partial charge in [0.1, 0.15) is 5.82 Å². The summed E-state index contributed by atoms with van der Waals surface area (Å²) in [5.41, 5.74) is 2.19. The van der Waals surface area contributed by atoms with Gasteiger partial charge in [-0.15, -0.1) is 0 Å². The summed E-state index contributed by atoms with van der Waals surface area (Å²) in [6.45, 7) is 1.63. The fourth-order valence-corrected chi connectivity index (χ4v) is 4.17.